The molecule has 0 bridgehead atoms. The molecule has 3 heterocycles. The van der Waals surface area contributed by atoms with Gasteiger partial charge in [-0.25, -0.2) is 0 Å². The van der Waals surface area contributed by atoms with Crippen molar-refractivity contribution in [1.29, 1.82) is 0 Å². The van der Waals surface area contributed by atoms with Gasteiger partial charge in [-0.2, -0.15) is 5.10 Å². The van der Waals surface area contributed by atoms with E-state index < -0.39 is 5.97 Å². The van der Waals surface area contributed by atoms with Crippen LogP contribution in [0.3, 0.4) is 0 Å². The van der Waals surface area contributed by atoms with E-state index in [1.807, 2.05) is 23.1 Å². The molecule has 0 radical (unpaired) electrons. The first-order valence-electron chi connectivity index (χ1n) is 7.31. The first-order chi connectivity index (χ1) is 11.1. The topological polar surface area (TPSA) is 100 Å². The predicted molar refractivity (Wildman–Crippen MR) is 80.5 cm³/mol. The summed E-state index contributed by atoms with van der Waals surface area (Å²) in [6.07, 6.45) is 1.67. The van der Waals surface area contributed by atoms with Crippen molar-refractivity contribution in [2.45, 2.75) is 19.6 Å². The van der Waals surface area contributed by atoms with E-state index >= 15 is 0 Å². The van der Waals surface area contributed by atoms with Crippen LogP contribution in [0.5, 0.6) is 0 Å². The first-order valence-corrected chi connectivity index (χ1v) is 7.31. The standard InChI is InChI=1S/C15H17N5O3/c21-14(22)10-19-5-6-20-12(9-19)7-13(18-20)15(23)17-8-11-3-1-2-4-16-11/h1-4,7H,5-6,8-10H2,(H,17,23)(H,21,22). The fourth-order valence-corrected chi connectivity index (χ4v) is 2.52. The van der Waals surface area contributed by atoms with Gasteiger partial charge in [0, 0.05) is 19.3 Å². The van der Waals surface area contributed by atoms with Gasteiger partial charge in [0.25, 0.3) is 5.91 Å². The van der Waals surface area contributed by atoms with Gasteiger partial charge in [0.2, 0.25) is 0 Å². The van der Waals surface area contributed by atoms with E-state index in [0.29, 0.717) is 31.9 Å². The normalized spacial score (nSPS) is 14.3. The highest BCUT2D eigenvalue weighted by Gasteiger charge is 2.22. The summed E-state index contributed by atoms with van der Waals surface area (Å²) >= 11 is 0. The summed E-state index contributed by atoms with van der Waals surface area (Å²) in [5, 5.41) is 15.9. The second kappa shape index (κ2) is 6.57. The predicted octanol–water partition coefficient (Wildman–Crippen LogP) is 0.108. The zero-order valence-electron chi connectivity index (χ0n) is 12.5. The van der Waals surface area contributed by atoms with Crippen LogP contribution in [0.4, 0.5) is 0 Å². The Bertz CT molecular complexity index is 713. The molecule has 1 aliphatic heterocycles. The van der Waals surface area contributed by atoms with E-state index in [9.17, 15) is 9.59 Å². The second-order valence-corrected chi connectivity index (χ2v) is 5.35. The zero-order chi connectivity index (χ0) is 16.2. The average molecular weight is 315 g/mol. The van der Waals surface area contributed by atoms with Crippen LogP contribution in [0.25, 0.3) is 0 Å². The van der Waals surface area contributed by atoms with E-state index in [4.69, 9.17) is 5.11 Å². The maximum atomic E-state index is 12.2. The summed E-state index contributed by atoms with van der Waals surface area (Å²) in [6, 6.07) is 7.22. The molecule has 0 saturated heterocycles. The van der Waals surface area contributed by atoms with Gasteiger partial charge in [-0.05, 0) is 18.2 Å². The van der Waals surface area contributed by atoms with Crippen molar-refractivity contribution in [2.24, 2.45) is 0 Å². The van der Waals surface area contributed by atoms with Crippen LogP contribution >= 0.6 is 0 Å². The van der Waals surface area contributed by atoms with E-state index in [1.54, 1.807) is 16.9 Å². The summed E-state index contributed by atoms with van der Waals surface area (Å²) in [5.41, 5.74) is 1.96. The molecular weight excluding hydrogens is 298 g/mol. The highest BCUT2D eigenvalue weighted by atomic mass is 16.4. The second-order valence-electron chi connectivity index (χ2n) is 5.35. The van der Waals surface area contributed by atoms with Crippen LogP contribution in [-0.4, -0.2) is 49.7 Å². The summed E-state index contributed by atoms with van der Waals surface area (Å²) < 4.78 is 1.76. The third kappa shape index (κ3) is 3.72. The molecule has 0 saturated carbocycles. The number of carbonyl (C=O) groups is 2. The van der Waals surface area contributed by atoms with Crippen LogP contribution in [0.15, 0.2) is 30.5 Å². The number of aliphatic carboxylic acids is 1. The van der Waals surface area contributed by atoms with E-state index in [1.165, 1.54) is 0 Å². The smallest absolute Gasteiger partial charge is 0.317 e. The van der Waals surface area contributed by atoms with Crippen molar-refractivity contribution in [1.82, 2.24) is 25.0 Å². The van der Waals surface area contributed by atoms with Crippen LogP contribution in [-0.2, 0) is 24.4 Å². The largest absolute Gasteiger partial charge is 0.480 e. The lowest BCUT2D eigenvalue weighted by molar-refractivity contribution is -0.138. The van der Waals surface area contributed by atoms with Crippen LogP contribution < -0.4 is 5.32 Å². The third-order valence-electron chi connectivity index (χ3n) is 3.62. The Morgan fingerprint density at radius 1 is 1.30 bits per heavy atom. The maximum absolute atomic E-state index is 12.2. The van der Waals surface area contributed by atoms with Crippen molar-refractivity contribution in [3.63, 3.8) is 0 Å². The number of carboxylic acids is 1. The SMILES string of the molecule is O=C(O)CN1CCn2nc(C(=O)NCc3ccccn3)cc2C1. The van der Waals surface area contributed by atoms with Crippen molar-refractivity contribution in [3.05, 3.63) is 47.5 Å². The van der Waals surface area contributed by atoms with Crippen molar-refractivity contribution in [3.8, 4) is 0 Å². The van der Waals surface area contributed by atoms with Crippen molar-refractivity contribution in [2.75, 3.05) is 13.1 Å². The molecule has 2 aromatic rings. The molecule has 8 heteroatoms. The number of carbonyl (C=O) groups excluding carboxylic acids is 1. The Morgan fingerprint density at radius 2 is 2.17 bits per heavy atom. The lowest BCUT2D eigenvalue weighted by Gasteiger charge is -2.25. The Kier molecular flexibility index (Phi) is 4.33. The summed E-state index contributed by atoms with van der Waals surface area (Å²) in [4.78, 5) is 28.9. The highest BCUT2D eigenvalue weighted by Crippen LogP contribution is 2.13. The van der Waals surface area contributed by atoms with Gasteiger partial charge in [0.15, 0.2) is 5.69 Å². The highest BCUT2D eigenvalue weighted by molar-refractivity contribution is 5.92. The fourth-order valence-electron chi connectivity index (χ4n) is 2.52. The molecule has 0 fully saturated rings. The molecule has 1 amide bonds. The third-order valence-corrected chi connectivity index (χ3v) is 3.62. The number of hydrogen-bond donors (Lipinski definition) is 2. The Labute approximate surface area is 132 Å². The molecule has 8 nitrogen and oxygen atoms in total. The van der Waals surface area contributed by atoms with E-state index in [-0.39, 0.29) is 12.5 Å². The number of fused-ring (bicyclic) bond motifs is 1. The summed E-state index contributed by atoms with van der Waals surface area (Å²) in [7, 11) is 0. The number of nitrogens with one attached hydrogen (secondary N) is 1. The van der Waals surface area contributed by atoms with Gasteiger partial charge < -0.3 is 10.4 Å². The van der Waals surface area contributed by atoms with Gasteiger partial charge in [-0.3, -0.25) is 24.2 Å². The number of amides is 1. The van der Waals surface area contributed by atoms with Crippen molar-refractivity contribution >= 4 is 11.9 Å². The molecule has 3 rings (SSSR count). The van der Waals surface area contributed by atoms with E-state index in [2.05, 4.69) is 15.4 Å². The van der Waals surface area contributed by atoms with Gasteiger partial charge in [-0.1, -0.05) is 6.07 Å². The van der Waals surface area contributed by atoms with Crippen LogP contribution in [0.1, 0.15) is 21.9 Å². The number of carboxylic acid groups (broad SMARTS) is 1. The minimum atomic E-state index is -0.855. The van der Waals surface area contributed by atoms with Crippen LogP contribution in [0, 0.1) is 0 Å². The average Bonchev–Trinajstić information content (AvgIpc) is 2.96. The molecular formula is C15H17N5O3. The molecule has 0 aliphatic carbocycles. The van der Waals surface area contributed by atoms with Crippen LogP contribution in [0.2, 0.25) is 0 Å². The monoisotopic (exact) mass is 315 g/mol. The maximum Gasteiger partial charge on any atom is 0.317 e. The molecule has 0 unspecified atom stereocenters. The summed E-state index contributed by atoms with van der Waals surface area (Å²) in [6.45, 7) is 2.00. The molecule has 120 valence electrons. The molecule has 2 aromatic heterocycles. The number of aromatic nitrogens is 3. The molecule has 0 spiro atoms. The number of rotatable bonds is 5. The lowest BCUT2D eigenvalue weighted by atomic mass is 10.2. The molecule has 0 atom stereocenters. The minimum absolute atomic E-state index is 0.00755. The fraction of sp³-hybridized carbons (Fsp3) is 0.333. The van der Waals surface area contributed by atoms with Gasteiger partial charge in [0.05, 0.1) is 31.0 Å². The summed E-state index contributed by atoms with van der Waals surface area (Å²) in [5.74, 6) is -1.12. The molecule has 23 heavy (non-hydrogen) atoms. The Hall–Kier alpha value is -2.74. The first kappa shape index (κ1) is 15.2. The molecule has 0 aromatic carbocycles. The Morgan fingerprint density at radius 3 is 2.91 bits per heavy atom. The molecule has 1 aliphatic rings. The quantitative estimate of drug-likeness (QED) is 0.812. The van der Waals surface area contributed by atoms with Gasteiger partial charge >= 0.3 is 5.97 Å². The van der Waals surface area contributed by atoms with Gasteiger partial charge in [-0.15, -0.1) is 0 Å². The number of nitrogens with zero attached hydrogens (tertiary/aromatic N) is 4. The zero-order valence-corrected chi connectivity index (χ0v) is 12.5. The lowest BCUT2D eigenvalue weighted by Crippen LogP contribution is -2.37. The number of pyridine rings is 1. The van der Waals surface area contributed by atoms with Gasteiger partial charge in [0.1, 0.15) is 0 Å². The minimum Gasteiger partial charge on any atom is -0.480 e. The van der Waals surface area contributed by atoms with E-state index in [0.717, 1.165) is 11.4 Å². The number of hydrogen-bond acceptors (Lipinski definition) is 5. The van der Waals surface area contributed by atoms with Crippen molar-refractivity contribution < 1.29 is 14.7 Å². The Balaban J connectivity index is 1.62. The molecule has 2 N–H and O–H groups in total.